The minimum absolute atomic E-state index is 0.0285. The third-order valence-corrected chi connectivity index (χ3v) is 6.02. The summed E-state index contributed by atoms with van der Waals surface area (Å²) in [6, 6.07) is 15.5. The maximum Gasteiger partial charge on any atom is 0.251 e. The van der Waals surface area contributed by atoms with Gasteiger partial charge in [-0.1, -0.05) is 12.1 Å². The number of hydrogen-bond acceptors (Lipinski definition) is 7. The smallest absolute Gasteiger partial charge is 0.251 e. The molecule has 200 valence electrons. The van der Waals surface area contributed by atoms with E-state index in [1.807, 2.05) is 6.92 Å². The fraction of sp³-hybridized carbons (Fsp3) is 0.250. The molecular weight excluding hydrogens is 486 g/mol. The molecule has 10 heteroatoms. The molecule has 3 rings (SSSR count). The SMILES string of the molecule is COc1ccc(NC(=O)CN(C)c2cc(C(=N)N)ccc2CNC(=O)c2cc(OC)c(C)c(OC)c2)cc1. The number of likely N-dealkylation sites (N-methyl/N-ethyl adjacent to an activating group) is 1. The molecule has 0 saturated heterocycles. The standard InChI is InChI=1S/C28H33N5O5/c1-17-24(37-4)13-20(14-25(17)38-5)28(35)31-15-19-7-6-18(27(29)30)12-23(19)33(2)16-26(34)32-21-8-10-22(36-3)11-9-21/h6-14H,15-16H2,1-5H3,(H3,29,30)(H,31,35)(H,32,34). The van der Waals surface area contributed by atoms with Crippen molar-refractivity contribution in [2.24, 2.45) is 5.73 Å². The third-order valence-electron chi connectivity index (χ3n) is 6.02. The first kappa shape index (κ1) is 27.9. The van der Waals surface area contributed by atoms with Gasteiger partial charge in [0, 0.05) is 41.7 Å². The molecule has 0 heterocycles. The van der Waals surface area contributed by atoms with Crippen LogP contribution in [-0.2, 0) is 11.3 Å². The average molecular weight is 520 g/mol. The minimum atomic E-state index is -0.317. The molecule has 3 aromatic rings. The Kier molecular flexibility index (Phi) is 9.15. The third kappa shape index (κ3) is 6.73. The molecule has 0 unspecified atom stereocenters. The number of nitrogen functional groups attached to an aromatic ring is 1. The molecule has 0 aliphatic rings. The number of benzene rings is 3. The Morgan fingerprint density at radius 3 is 2.11 bits per heavy atom. The largest absolute Gasteiger partial charge is 0.497 e. The molecule has 0 radical (unpaired) electrons. The Labute approximate surface area is 222 Å². The summed E-state index contributed by atoms with van der Waals surface area (Å²) in [4.78, 5) is 27.5. The molecule has 3 aromatic carbocycles. The second-order valence-corrected chi connectivity index (χ2v) is 8.58. The van der Waals surface area contributed by atoms with Crippen LogP contribution in [0.2, 0.25) is 0 Å². The Balaban J connectivity index is 1.77. The van der Waals surface area contributed by atoms with Gasteiger partial charge in [-0.3, -0.25) is 15.0 Å². The number of nitrogens with zero attached hydrogens (tertiary/aromatic N) is 1. The summed E-state index contributed by atoms with van der Waals surface area (Å²) in [5.74, 6) is 1.13. The predicted octanol–water partition coefficient (Wildman–Crippen LogP) is 3.31. The quantitative estimate of drug-likeness (QED) is 0.225. The molecule has 2 amide bonds. The number of nitrogens with two attached hydrogens (primary N) is 1. The van der Waals surface area contributed by atoms with Crippen molar-refractivity contribution < 1.29 is 23.8 Å². The normalized spacial score (nSPS) is 10.3. The van der Waals surface area contributed by atoms with Crippen LogP contribution in [0.3, 0.4) is 0 Å². The van der Waals surface area contributed by atoms with Crippen LogP contribution in [0.5, 0.6) is 17.2 Å². The van der Waals surface area contributed by atoms with E-state index in [1.165, 1.54) is 14.2 Å². The highest BCUT2D eigenvalue weighted by molar-refractivity contribution is 5.98. The molecule has 0 atom stereocenters. The predicted molar refractivity (Wildman–Crippen MR) is 148 cm³/mol. The topological polar surface area (TPSA) is 139 Å². The molecule has 5 N–H and O–H groups in total. The number of amidine groups is 1. The number of amides is 2. The van der Waals surface area contributed by atoms with Gasteiger partial charge in [0.25, 0.3) is 5.91 Å². The molecule has 0 aliphatic carbocycles. The molecule has 0 bridgehead atoms. The van der Waals surface area contributed by atoms with Gasteiger partial charge in [0.2, 0.25) is 5.91 Å². The number of ether oxygens (including phenoxy) is 3. The average Bonchev–Trinajstić information content (AvgIpc) is 2.91. The van der Waals surface area contributed by atoms with E-state index in [1.54, 1.807) is 73.7 Å². The van der Waals surface area contributed by atoms with E-state index >= 15 is 0 Å². The van der Waals surface area contributed by atoms with Crippen molar-refractivity contribution in [2.75, 3.05) is 45.1 Å². The molecule has 0 aliphatic heterocycles. The van der Waals surface area contributed by atoms with Crippen molar-refractivity contribution in [3.8, 4) is 17.2 Å². The van der Waals surface area contributed by atoms with E-state index < -0.39 is 0 Å². The van der Waals surface area contributed by atoms with E-state index in [-0.39, 0.29) is 30.7 Å². The van der Waals surface area contributed by atoms with Gasteiger partial charge in [0.1, 0.15) is 23.1 Å². The van der Waals surface area contributed by atoms with Gasteiger partial charge in [-0.25, -0.2) is 0 Å². The lowest BCUT2D eigenvalue weighted by Crippen LogP contribution is -2.32. The first-order chi connectivity index (χ1) is 18.2. The van der Waals surface area contributed by atoms with E-state index in [0.29, 0.717) is 39.8 Å². The first-order valence-corrected chi connectivity index (χ1v) is 11.8. The van der Waals surface area contributed by atoms with Gasteiger partial charge >= 0.3 is 0 Å². The summed E-state index contributed by atoms with van der Waals surface area (Å²) in [6.45, 7) is 2.05. The number of carbonyl (C=O) groups is 2. The fourth-order valence-electron chi connectivity index (χ4n) is 3.91. The summed E-state index contributed by atoms with van der Waals surface area (Å²) < 4.78 is 15.9. The van der Waals surface area contributed by atoms with Crippen molar-refractivity contribution in [2.45, 2.75) is 13.5 Å². The second-order valence-electron chi connectivity index (χ2n) is 8.58. The Bertz CT molecular complexity index is 1300. The number of nitrogens with one attached hydrogen (secondary N) is 3. The minimum Gasteiger partial charge on any atom is -0.497 e. The summed E-state index contributed by atoms with van der Waals surface area (Å²) in [5, 5.41) is 13.6. The van der Waals surface area contributed by atoms with E-state index in [4.69, 9.17) is 25.4 Å². The number of anilines is 2. The fourth-order valence-corrected chi connectivity index (χ4v) is 3.91. The van der Waals surface area contributed by atoms with Gasteiger partial charge in [0.15, 0.2) is 0 Å². The number of rotatable bonds is 11. The van der Waals surface area contributed by atoms with Crippen molar-refractivity contribution in [3.05, 3.63) is 76.9 Å². The molecule has 0 fully saturated rings. The molecule has 10 nitrogen and oxygen atoms in total. The molecule has 0 spiro atoms. The van der Waals surface area contributed by atoms with Gasteiger partial charge in [-0.05, 0) is 55.0 Å². The van der Waals surface area contributed by atoms with Crippen molar-refractivity contribution in [1.29, 1.82) is 5.41 Å². The van der Waals surface area contributed by atoms with Crippen LogP contribution >= 0.6 is 0 Å². The first-order valence-electron chi connectivity index (χ1n) is 11.8. The van der Waals surface area contributed by atoms with Crippen LogP contribution in [0.15, 0.2) is 54.6 Å². The highest BCUT2D eigenvalue weighted by atomic mass is 16.5. The van der Waals surface area contributed by atoms with E-state index in [0.717, 1.165) is 11.1 Å². The second kappa shape index (κ2) is 12.5. The van der Waals surface area contributed by atoms with E-state index in [2.05, 4.69) is 10.6 Å². The van der Waals surface area contributed by atoms with Crippen LogP contribution < -0.4 is 35.5 Å². The molecular formula is C28H33N5O5. The number of hydrogen-bond donors (Lipinski definition) is 4. The Hall–Kier alpha value is -4.73. The lowest BCUT2D eigenvalue weighted by Gasteiger charge is -2.23. The van der Waals surface area contributed by atoms with Crippen LogP contribution in [-0.4, -0.2) is 52.6 Å². The lowest BCUT2D eigenvalue weighted by atomic mass is 10.1. The zero-order valence-electron chi connectivity index (χ0n) is 22.2. The highest BCUT2D eigenvalue weighted by Crippen LogP contribution is 2.29. The number of carbonyl (C=O) groups excluding carboxylic acids is 2. The Morgan fingerprint density at radius 1 is 0.921 bits per heavy atom. The van der Waals surface area contributed by atoms with Crippen molar-refractivity contribution in [3.63, 3.8) is 0 Å². The van der Waals surface area contributed by atoms with E-state index in [9.17, 15) is 9.59 Å². The van der Waals surface area contributed by atoms with Gasteiger partial charge in [-0.15, -0.1) is 0 Å². The molecule has 38 heavy (non-hydrogen) atoms. The van der Waals surface area contributed by atoms with Gasteiger partial charge in [-0.2, -0.15) is 0 Å². The highest BCUT2D eigenvalue weighted by Gasteiger charge is 2.17. The summed E-state index contributed by atoms with van der Waals surface area (Å²) in [6.07, 6.45) is 0. The van der Waals surface area contributed by atoms with Crippen LogP contribution in [0.1, 0.15) is 27.0 Å². The zero-order chi connectivity index (χ0) is 27.8. The molecule has 0 saturated carbocycles. The monoisotopic (exact) mass is 519 g/mol. The van der Waals surface area contributed by atoms with Crippen molar-refractivity contribution >= 4 is 29.0 Å². The summed E-state index contributed by atoms with van der Waals surface area (Å²) in [7, 11) is 6.40. The van der Waals surface area contributed by atoms with Crippen LogP contribution in [0.4, 0.5) is 11.4 Å². The van der Waals surface area contributed by atoms with Crippen LogP contribution in [0, 0.1) is 12.3 Å². The van der Waals surface area contributed by atoms with Gasteiger partial charge < -0.3 is 35.5 Å². The zero-order valence-corrected chi connectivity index (χ0v) is 22.2. The summed E-state index contributed by atoms with van der Waals surface area (Å²) in [5.41, 5.74) is 9.43. The van der Waals surface area contributed by atoms with Crippen molar-refractivity contribution in [1.82, 2.24) is 5.32 Å². The lowest BCUT2D eigenvalue weighted by molar-refractivity contribution is -0.114. The summed E-state index contributed by atoms with van der Waals surface area (Å²) >= 11 is 0. The Morgan fingerprint density at radius 2 is 1.55 bits per heavy atom. The molecule has 0 aromatic heterocycles. The number of methoxy groups -OCH3 is 3. The van der Waals surface area contributed by atoms with Gasteiger partial charge in [0.05, 0.1) is 27.9 Å². The maximum atomic E-state index is 13.0. The van der Waals surface area contributed by atoms with Crippen LogP contribution in [0.25, 0.3) is 0 Å². The maximum absolute atomic E-state index is 13.0.